The molecule has 0 radical (unpaired) electrons. The lowest BCUT2D eigenvalue weighted by atomic mass is 10.3. The van der Waals surface area contributed by atoms with Crippen molar-refractivity contribution in [1.82, 2.24) is 4.57 Å². The van der Waals surface area contributed by atoms with E-state index >= 15 is 0 Å². The highest BCUT2D eigenvalue weighted by Crippen LogP contribution is 2.22. The molecule has 0 aliphatic rings. The number of ether oxygens (including phenoxy) is 1. The first-order chi connectivity index (χ1) is 13.2. The van der Waals surface area contributed by atoms with Crippen molar-refractivity contribution in [3.05, 3.63) is 45.6 Å². The number of benzene rings is 1. The van der Waals surface area contributed by atoms with Crippen LogP contribution in [0, 0.1) is 0 Å². The number of sulfonamides is 1. The SMILES string of the molecule is CCOC(=O)Cn1c(=NC(=O)c2ccc(Br)o2)sc2cc(S(N)(=O)=O)ccc21. The van der Waals surface area contributed by atoms with Crippen LogP contribution in [0.1, 0.15) is 17.5 Å². The molecule has 2 N–H and O–H groups in total. The van der Waals surface area contributed by atoms with Crippen LogP contribution < -0.4 is 9.94 Å². The van der Waals surface area contributed by atoms with Crippen LogP contribution in [0.15, 0.2) is 49.3 Å². The standard InChI is InChI=1S/C16H14BrN3O6S2/c1-2-25-14(21)8-20-10-4-3-9(28(18,23)24)7-12(10)27-16(20)19-15(22)11-5-6-13(17)26-11/h3-7H,2,8H2,1H3,(H2,18,23,24). The van der Waals surface area contributed by atoms with Gasteiger partial charge in [-0.1, -0.05) is 11.3 Å². The number of fused-ring (bicyclic) bond motifs is 1. The van der Waals surface area contributed by atoms with Gasteiger partial charge in [0.05, 0.1) is 21.7 Å². The average molecular weight is 488 g/mol. The molecular formula is C16H14BrN3O6S2. The van der Waals surface area contributed by atoms with Gasteiger partial charge in [0.1, 0.15) is 6.54 Å². The van der Waals surface area contributed by atoms with Crippen LogP contribution in [0.2, 0.25) is 0 Å². The van der Waals surface area contributed by atoms with E-state index in [0.29, 0.717) is 14.9 Å². The number of rotatable bonds is 5. The van der Waals surface area contributed by atoms with Gasteiger partial charge in [0.2, 0.25) is 10.0 Å². The molecule has 3 aromatic rings. The van der Waals surface area contributed by atoms with E-state index in [0.717, 1.165) is 11.3 Å². The number of carbonyl (C=O) groups excluding carboxylic acids is 2. The summed E-state index contributed by atoms with van der Waals surface area (Å²) in [6, 6.07) is 7.19. The second-order valence-corrected chi connectivity index (χ2v) is 8.82. The van der Waals surface area contributed by atoms with Gasteiger partial charge in [-0.2, -0.15) is 4.99 Å². The summed E-state index contributed by atoms with van der Waals surface area (Å²) >= 11 is 4.15. The third kappa shape index (κ3) is 4.41. The number of primary sulfonamides is 1. The Kier molecular flexibility index (Phi) is 5.84. The van der Waals surface area contributed by atoms with Crippen LogP contribution in [-0.4, -0.2) is 31.5 Å². The van der Waals surface area contributed by atoms with Crippen molar-refractivity contribution < 1.29 is 27.2 Å². The summed E-state index contributed by atoms with van der Waals surface area (Å²) < 4.78 is 35.7. The Morgan fingerprint density at radius 3 is 2.68 bits per heavy atom. The van der Waals surface area contributed by atoms with Gasteiger partial charge in [0.25, 0.3) is 0 Å². The number of hydrogen-bond donors (Lipinski definition) is 1. The van der Waals surface area contributed by atoms with Gasteiger partial charge in [-0.05, 0) is 53.2 Å². The van der Waals surface area contributed by atoms with E-state index < -0.39 is 21.9 Å². The highest BCUT2D eigenvalue weighted by Gasteiger charge is 2.16. The minimum Gasteiger partial charge on any atom is -0.465 e. The van der Waals surface area contributed by atoms with Crippen LogP contribution in [0.3, 0.4) is 0 Å². The minimum absolute atomic E-state index is 0.0113. The van der Waals surface area contributed by atoms with Gasteiger partial charge in [0.15, 0.2) is 15.2 Å². The molecule has 148 valence electrons. The fourth-order valence-electron chi connectivity index (χ4n) is 2.38. The van der Waals surface area contributed by atoms with Gasteiger partial charge in [-0.15, -0.1) is 0 Å². The Morgan fingerprint density at radius 2 is 2.07 bits per heavy atom. The fraction of sp³-hybridized carbons (Fsp3) is 0.188. The van der Waals surface area contributed by atoms with Crippen molar-refractivity contribution in [2.75, 3.05) is 6.61 Å². The number of hydrogen-bond acceptors (Lipinski definition) is 7. The summed E-state index contributed by atoms with van der Waals surface area (Å²) in [5, 5.41) is 5.17. The lowest BCUT2D eigenvalue weighted by Crippen LogP contribution is -2.23. The smallest absolute Gasteiger partial charge is 0.326 e. The van der Waals surface area contributed by atoms with Crippen LogP contribution in [0.25, 0.3) is 10.2 Å². The molecule has 12 heteroatoms. The molecule has 0 aliphatic heterocycles. The van der Waals surface area contributed by atoms with Gasteiger partial charge in [0, 0.05) is 0 Å². The van der Waals surface area contributed by atoms with Crippen molar-refractivity contribution in [1.29, 1.82) is 0 Å². The van der Waals surface area contributed by atoms with Crippen LogP contribution >= 0.6 is 27.3 Å². The number of thiazole rings is 1. The van der Waals surface area contributed by atoms with Gasteiger partial charge < -0.3 is 13.7 Å². The molecule has 9 nitrogen and oxygen atoms in total. The molecule has 0 saturated carbocycles. The fourth-order valence-corrected chi connectivity index (χ4v) is 4.36. The predicted molar refractivity (Wildman–Crippen MR) is 104 cm³/mol. The first kappa shape index (κ1) is 20.5. The summed E-state index contributed by atoms with van der Waals surface area (Å²) in [4.78, 5) is 28.5. The van der Waals surface area contributed by atoms with Crippen LogP contribution in [-0.2, 0) is 26.1 Å². The predicted octanol–water partition coefficient (Wildman–Crippen LogP) is 2.01. The highest BCUT2D eigenvalue weighted by atomic mass is 79.9. The van der Waals surface area contributed by atoms with Crippen LogP contribution in [0.4, 0.5) is 0 Å². The van der Waals surface area contributed by atoms with E-state index in [-0.39, 0.29) is 28.6 Å². The highest BCUT2D eigenvalue weighted by molar-refractivity contribution is 9.10. The molecule has 3 rings (SSSR count). The number of amides is 1. The Morgan fingerprint density at radius 1 is 1.32 bits per heavy atom. The van der Waals surface area contributed by atoms with Crippen molar-refractivity contribution >= 4 is 59.4 Å². The Labute approximate surface area is 171 Å². The third-order valence-corrected chi connectivity index (χ3v) is 5.93. The minimum atomic E-state index is -3.90. The topological polar surface area (TPSA) is 134 Å². The van der Waals surface area contributed by atoms with E-state index in [4.69, 9.17) is 14.3 Å². The summed E-state index contributed by atoms with van der Waals surface area (Å²) in [5.74, 6) is -1.16. The van der Waals surface area contributed by atoms with Crippen molar-refractivity contribution in [2.24, 2.45) is 10.1 Å². The summed E-state index contributed by atoms with van der Waals surface area (Å²) in [6.07, 6.45) is 0. The monoisotopic (exact) mass is 487 g/mol. The molecule has 0 fully saturated rings. The normalized spacial score (nSPS) is 12.5. The molecule has 0 unspecified atom stereocenters. The Hall–Kier alpha value is -2.28. The van der Waals surface area contributed by atoms with E-state index in [1.165, 1.54) is 28.8 Å². The molecular weight excluding hydrogens is 474 g/mol. The number of furan rings is 1. The van der Waals surface area contributed by atoms with Gasteiger partial charge >= 0.3 is 11.9 Å². The van der Waals surface area contributed by atoms with Crippen LogP contribution in [0.5, 0.6) is 0 Å². The molecule has 0 spiro atoms. The molecule has 0 bridgehead atoms. The number of aromatic nitrogens is 1. The first-order valence-corrected chi connectivity index (χ1v) is 11.0. The Balaban J connectivity index is 2.16. The maximum Gasteiger partial charge on any atom is 0.326 e. The second-order valence-electron chi connectivity index (χ2n) is 5.47. The molecule has 2 aromatic heterocycles. The van der Waals surface area contributed by atoms with E-state index in [9.17, 15) is 18.0 Å². The summed E-state index contributed by atoms with van der Waals surface area (Å²) in [7, 11) is -3.90. The molecule has 2 heterocycles. The van der Waals surface area contributed by atoms with E-state index in [1.54, 1.807) is 13.0 Å². The number of halogens is 1. The largest absolute Gasteiger partial charge is 0.465 e. The zero-order valence-electron chi connectivity index (χ0n) is 14.4. The lowest BCUT2D eigenvalue weighted by molar-refractivity contribution is -0.143. The zero-order chi connectivity index (χ0) is 20.5. The van der Waals surface area contributed by atoms with Crippen molar-refractivity contribution in [3.63, 3.8) is 0 Å². The number of nitrogens with two attached hydrogens (primary N) is 1. The van der Waals surface area contributed by atoms with Gasteiger partial charge in [-0.25, -0.2) is 13.6 Å². The van der Waals surface area contributed by atoms with E-state index in [1.807, 2.05) is 0 Å². The average Bonchev–Trinajstić information content (AvgIpc) is 3.18. The lowest BCUT2D eigenvalue weighted by Gasteiger charge is -2.05. The zero-order valence-corrected chi connectivity index (χ0v) is 17.6. The quantitative estimate of drug-likeness (QED) is 0.546. The summed E-state index contributed by atoms with van der Waals surface area (Å²) in [5.41, 5.74) is 0.512. The van der Waals surface area contributed by atoms with Gasteiger partial charge in [-0.3, -0.25) is 9.59 Å². The molecule has 0 atom stereocenters. The molecule has 28 heavy (non-hydrogen) atoms. The maximum absolute atomic E-state index is 12.4. The molecule has 0 aliphatic carbocycles. The number of nitrogens with zero attached hydrogens (tertiary/aromatic N) is 2. The first-order valence-electron chi connectivity index (χ1n) is 7.85. The molecule has 0 saturated heterocycles. The maximum atomic E-state index is 12.4. The van der Waals surface area contributed by atoms with Crippen molar-refractivity contribution in [3.8, 4) is 0 Å². The third-order valence-electron chi connectivity index (χ3n) is 3.56. The van der Waals surface area contributed by atoms with Crippen molar-refractivity contribution in [2.45, 2.75) is 18.4 Å². The molecule has 1 aromatic carbocycles. The second kappa shape index (κ2) is 7.99. The molecule has 1 amide bonds. The Bertz CT molecular complexity index is 1240. The number of esters is 1. The summed E-state index contributed by atoms with van der Waals surface area (Å²) in [6.45, 7) is 1.68. The number of carbonyl (C=O) groups is 2. The van der Waals surface area contributed by atoms with E-state index in [2.05, 4.69) is 20.9 Å².